The van der Waals surface area contributed by atoms with Crippen molar-refractivity contribution in [1.29, 1.82) is 0 Å². The fourth-order valence-corrected chi connectivity index (χ4v) is 2.23. The van der Waals surface area contributed by atoms with Crippen LogP contribution in [0.4, 0.5) is 5.69 Å². The number of carbonyl (C=O) groups is 2. The molecular formula is C15H20N2O3. The van der Waals surface area contributed by atoms with Gasteiger partial charge in [0.05, 0.1) is 17.2 Å². The van der Waals surface area contributed by atoms with Crippen LogP contribution >= 0.6 is 0 Å². The molecule has 5 heteroatoms. The van der Waals surface area contributed by atoms with Gasteiger partial charge in [0.2, 0.25) is 5.91 Å². The molecule has 1 aromatic rings. The number of benzene rings is 1. The fraction of sp³-hybridized carbons (Fsp3) is 0.467. The number of anilines is 1. The lowest BCUT2D eigenvalue weighted by Crippen LogP contribution is -2.22. The van der Waals surface area contributed by atoms with Crippen molar-refractivity contribution < 1.29 is 14.3 Å². The van der Waals surface area contributed by atoms with Crippen LogP contribution < -0.4 is 11.5 Å². The zero-order valence-corrected chi connectivity index (χ0v) is 11.4. The Morgan fingerprint density at radius 3 is 2.65 bits per heavy atom. The Labute approximate surface area is 118 Å². The average molecular weight is 276 g/mol. The van der Waals surface area contributed by atoms with Crippen LogP contribution in [0.25, 0.3) is 0 Å². The van der Waals surface area contributed by atoms with Gasteiger partial charge in [-0.2, -0.15) is 0 Å². The molecule has 0 heterocycles. The normalized spacial score (nSPS) is 14.8. The monoisotopic (exact) mass is 276 g/mol. The molecule has 5 nitrogen and oxygen atoms in total. The van der Waals surface area contributed by atoms with Crippen molar-refractivity contribution in [1.82, 2.24) is 0 Å². The third-order valence-electron chi connectivity index (χ3n) is 3.59. The van der Waals surface area contributed by atoms with E-state index in [0.29, 0.717) is 31.2 Å². The van der Waals surface area contributed by atoms with Crippen molar-refractivity contribution in [2.45, 2.75) is 38.2 Å². The molecule has 1 aliphatic carbocycles. The van der Waals surface area contributed by atoms with Crippen LogP contribution in [-0.4, -0.2) is 24.4 Å². The van der Waals surface area contributed by atoms with E-state index in [0.717, 1.165) is 12.8 Å². The predicted octanol–water partition coefficient (Wildman–Crippen LogP) is 1.90. The molecule has 0 aromatic heterocycles. The number of ether oxygens (including phenoxy) is 1. The van der Waals surface area contributed by atoms with Crippen LogP contribution in [0, 0.1) is 0 Å². The molecule has 4 N–H and O–H groups in total. The molecule has 20 heavy (non-hydrogen) atoms. The van der Waals surface area contributed by atoms with E-state index < -0.39 is 5.91 Å². The zero-order valence-electron chi connectivity index (χ0n) is 11.4. The molecule has 1 saturated carbocycles. The highest BCUT2D eigenvalue weighted by Gasteiger charge is 2.19. The molecule has 0 spiro atoms. The first-order chi connectivity index (χ1) is 9.59. The van der Waals surface area contributed by atoms with Crippen molar-refractivity contribution in [3.8, 4) is 0 Å². The summed E-state index contributed by atoms with van der Waals surface area (Å²) >= 11 is 0. The van der Waals surface area contributed by atoms with Crippen LogP contribution in [-0.2, 0) is 4.74 Å². The van der Waals surface area contributed by atoms with Crippen molar-refractivity contribution in [3.05, 3.63) is 29.3 Å². The Kier molecular flexibility index (Phi) is 4.74. The minimum Gasteiger partial charge on any atom is -0.398 e. The molecule has 1 fully saturated rings. The minimum absolute atomic E-state index is 0.158. The van der Waals surface area contributed by atoms with Crippen molar-refractivity contribution in [3.63, 3.8) is 0 Å². The number of rotatable bonds is 7. The maximum Gasteiger partial charge on any atom is 0.249 e. The Morgan fingerprint density at radius 1 is 1.30 bits per heavy atom. The number of primary amides is 1. The number of amides is 1. The first-order valence-electron chi connectivity index (χ1n) is 6.92. The highest BCUT2D eigenvalue weighted by molar-refractivity contribution is 6.10. The summed E-state index contributed by atoms with van der Waals surface area (Å²) in [7, 11) is 0. The lowest BCUT2D eigenvalue weighted by Gasteiger charge is -2.25. The largest absolute Gasteiger partial charge is 0.398 e. The standard InChI is InChI=1S/C15H20N2O3/c16-12-7-2-6-11(15(17)19)14(12)13(18)8-3-9-20-10-4-1-5-10/h2,6-7,10H,1,3-5,8-9,16H2,(H2,17,19). The SMILES string of the molecule is NC(=O)c1cccc(N)c1C(=O)CCCOC1CCC1. The van der Waals surface area contributed by atoms with Gasteiger partial charge in [0.25, 0.3) is 0 Å². The minimum atomic E-state index is -0.633. The fourth-order valence-electron chi connectivity index (χ4n) is 2.23. The smallest absolute Gasteiger partial charge is 0.249 e. The van der Waals surface area contributed by atoms with Crippen LogP contribution in [0.2, 0.25) is 0 Å². The van der Waals surface area contributed by atoms with E-state index in [-0.39, 0.29) is 16.9 Å². The molecular weight excluding hydrogens is 256 g/mol. The van der Waals surface area contributed by atoms with Crippen LogP contribution in [0.5, 0.6) is 0 Å². The molecule has 2 rings (SSSR count). The van der Waals surface area contributed by atoms with E-state index >= 15 is 0 Å². The lowest BCUT2D eigenvalue weighted by atomic mass is 9.96. The molecule has 0 aliphatic heterocycles. The van der Waals surface area contributed by atoms with E-state index in [9.17, 15) is 9.59 Å². The van der Waals surface area contributed by atoms with Crippen molar-refractivity contribution in [2.24, 2.45) is 5.73 Å². The molecule has 0 saturated heterocycles. The maximum absolute atomic E-state index is 12.2. The molecule has 0 atom stereocenters. The second kappa shape index (κ2) is 6.52. The van der Waals surface area contributed by atoms with Gasteiger partial charge >= 0.3 is 0 Å². The maximum atomic E-state index is 12.2. The summed E-state index contributed by atoms with van der Waals surface area (Å²) in [5.41, 5.74) is 11.8. The number of Topliss-reactive ketones (excluding diaryl/α,β-unsaturated/α-hetero) is 1. The summed E-state index contributed by atoms with van der Waals surface area (Å²) in [6.07, 6.45) is 4.76. The second-order valence-corrected chi connectivity index (χ2v) is 5.08. The van der Waals surface area contributed by atoms with Crippen LogP contribution in [0.15, 0.2) is 18.2 Å². The molecule has 0 bridgehead atoms. The molecule has 0 radical (unpaired) electrons. The molecule has 1 aliphatic rings. The Hall–Kier alpha value is -1.88. The van der Waals surface area contributed by atoms with E-state index in [2.05, 4.69) is 0 Å². The summed E-state index contributed by atoms with van der Waals surface area (Å²) in [6.45, 7) is 0.565. The lowest BCUT2D eigenvalue weighted by molar-refractivity contribution is 0.00103. The third kappa shape index (κ3) is 3.36. The van der Waals surface area contributed by atoms with Gasteiger partial charge in [-0.3, -0.25) is 9.59 Å². The van der Waals surface area contributed by atoms with Crippen molar-refractivity contribution >= 4 is 17.4 Å². The zero-order chi connectivity index (χ0) is 14.5. The Balaban J connectivity index is 1.92. The summed E-state index contributed by atoms with van der Waals surface area (Å²) in [5.74, 6) is -0.791. The molecule has 1 amide bonds. The summed E-state index contributed by atoms with van der Waals surface area (Å²) in [4.78, 5) is 23.5. The summed E-state index contributed by atoms with van der Waals surface area (Å²) in [6, 6.07) is 4.74. The van der Waals surface area contributed by atoms with Gasteiger partial charge in [0, 0.05) is 18.7 Å². The third-order valence-corrected chi connectivity index (χ3v) is 3.59. The first kappa shape index (κ1) is 14.5. The van der Waals surface area contributed by atoms with Crippen molar-refractivity contribution in [2.75, 3.05) is 12.3 Å². The summed E-state index contributed by atoms with van der Waals surface area (Å²) in [5, 5.41) is 0. The Morgan fingerprint density at radius 2 is 2.05 bits per heavy atom. The van der Waals surface area contributed by atoms with Gasteiger partial charge in [-0.15, -0.1) is 0 Å². The van der Waals surface area contributed by atoms with E-state index in [1.165, 1.54) is 12.5 Å². The quantitative estimate of drug-likeness (QED) is 0.451. The predicted molar refractivity (Wildman–Crippen MR) is 76.5 cm³/mol. The average Bonchev–Trinajstić information content (AvgIpc) is 2.35. The highest BCUT2D eigenvalue weighted by atomic mass is 16.5. The van der Waals surface area contributed by atoms with Gasteiger partial charge < -0.3 is 16.2 Å². The van der Waals surface area contributed by atoms with Crippen LogP contribution in [0.1, 0.15) is 52.8 Å². The number of hydrogen-bond donors (Lipinski definition) is 2. The summed E-state index contributed by atoms with van der Waals surface area (Å²) < 4.78 is 5.60. The van der Waals surface area contributed by atoms with Gasteiger partial charge in [-0.05, 0) is 37.8 Å². The number of nitrogens with two attached hydrogens (primary N) is 2. The van der Waals surface area contributed by atoms with E-state index in [1.54, 1.807) is 12.1 Å². The number of carbonyl (C=O) groups excluding carboxylic acids is 2. The van der Waals surface area contributed by atoms with Gasteiger partial charge in [-0.25, -0.2) is 0 Å². The second-order valence-electron chi connectivity index (χ2n) is 5.08. The van der Waals surface area contributed by atoms with E-state index in [1.807, 2.05) is 0 Å². The number of ketones is 1. The number of hydrogen-bond acceptors (Lipinski definition) is 4. The van der Waals surface area contributed by atoms with E-state index in [4.69, 9.17) is 16.2 Å². The highest BCUT2D eigenvalue weighted by Crippen LogP contribution is 2.23. The van der Waals surface area contributed by atoms with Crippen LogP contribution in [0.3, 0.4) is 0 Å². The van der Waals surface area contributed by atoms with Gasteiger partial charge in [0.15, 0.2) is 5.78 Å². The topological polar surface area (TPSA) is 95.4 Å². The molecule has 108 valence electrons. The first-order valence-corrected chi connectivity index (χ1v) is 6.92. The Bertz CT molecular complexity index is 510. The number of nitrogen functional groups attached to an aromatic ring is 1. The van der Waals surface area contributed by atoms with Gasteiger partial charge in [0.1, 0.15) is 0 Å². The molecule has 0 unspecified atom stereocenters. The van der Waals surface area contributed by atoms with Gasteiger partial charge in [-0.1, -0.05) is 6.07 Å². The molecule has 1 aromatic carbocycles.